The van der Waals surface area contributed by atoms with E-state index in [1.54, 1.807) is 12.1 Å². The van der Waals surface area contributed by atoms with E-state index >= 15 is 0 Å². The molecule has 2 saturated carbocycles. The van der Waals surface area contributed by atoms with E-state index < -0.39 is 10.0 Å². The second-order valence-corrected chi connectivity index (χ2v) is 10.4. The number of sulfonamides is 1. The Kier molecular flexibility index (Phi) is 5.58. The van der Waals surface area contributed by atoms with Crippen LogP contribution < -0.4 is 9.62 Å². The first-order valence-electron chi connectivity index (χ1n) is 9.97. The quantitative estimate of drug-likeness (QED) is 0.745. The molecule has 2 fully saturated rings. The number of fused-ring (bicyclic) bond motifs is 2. The zero-order valence-electron chi connectivity index (χ0n) is 16.3. The van der Waals surface area contributed by atoms with Gasteiger partial charge in [0.15, 0.2) is 0 Å². The molecule has 3 atom stereocenters. The SMILES string of the molecule is Cc1ccc(N(CC(=O)N[C@@H]2C[C@H]3CC[C@H]2C3)S(=O)(=O)c2ccc(Cl)cc2)cc1. The van der Waals surface area contributed by atoms with E-state index in [9.17, 15) is 13.2 Å². The van der Waals surface area contributed by atoms with Crippen LogP contribution in [0.2, 0.25) is 5.02 Å². The summed E-state index contributed by atoms with van der Waals surface area (Å²) < 4.78 is 27.8. The molecule has 2 bridgehead atoms. The molecular formula is C22H25ClN2O3S. The van der Waals surface area contributed by atoms with Crippen molar-refractivity contribution < 1.29 is 13.2 Å². The molecular weight excluding hydrogens is 408 g/mol. The first-order valence-corrected chi connectivity index (χ1v) is 11.8. The van der Waals surface area contributed by atoms with Gasteiger partial charge >= 0.3 is 0 Å². The molecule has 4 rings (SSSR count). The summed E-state index contributed by atoms with van der Waals surface area (Å²) in [5, 5.41) is 3.55. The summed E-state index contributed by atoms with van der Waals surface area (Å²) in [6.07, 6.45) is 4.58. The van der Waals surface area contributed by atoms with E-state index in [2.05, 4.69) is 5.32 Å². The Morgan fingerprint density at radius 3 is 2.34 bits per heavy atom. The van der Waals surface area contributed by atoms with E-state index in [-0.39, 0.29) is 23.4 Å². The van der Waals surface area contributed by atoms with Crippen LogP contribution in [0.3, 0.4) is 0 Å². The fraction of sp³-hybridized carbons (Fsp3) is 0.409. The highest BCUT2D eigenvalue weighted by atomic mass is 35.5. The van der Waals surface area contributed by atoms with Crippen molar-refractivity contribution in [1.29, 1.82) is 0 Å². The van der Waals surface area contributed by atoms with Crippen LogP contribution in [0.5, 0.6) is 0 Å². The van der Waals surface area contributed by atoms with Crippen molar-refractivity contribution in [1.82, 2.24) is 5.32 Å². The minimum Gasteiger partial charge on any atom is -0.352 e. The summed E-state index contributed by atoms with van der Waals surface area (Å²) in [6, 6.07) is 13.3. The number of carbonyl (C=O) groups is 1. The average molecular weight is 433 g/mol. The number of anilines is 1. The number of aryl methyl sites for hydroxylation is 1. The van der Waals surface area contributed by atoms with E-state index in [4.69, 9.17) is 11.6 Å². The molecule has 0 spiro atoms. The lowest BCUT2D eigenvalue weighted by molar-refractivity contribution is -0.120. The van der Waals surface area contributed by atoms with E-state index in [0.717, 1.165) is 18.4 Å². The van der Waals surface area contributed by atoms with Gasteiger partial charge in [-0.25, -0.2) is 8.42 Å². The van der Waals surface area contributed by atoms with Crippen molar-refractivity contribution in [2.75, 3.05) is 10.8 Å². The summed E-state index contributed by atoms with van der Waals surface area (Å²) in [7, 11) is -3.91. The van der Waals surface area contributed by atoms with Crippen molar-refractivity contribution in [2.45, 2.75) is 43.5 Å². The maximum absolute atomic E-state index is 13.3. The van der Waals surface area contributed by atoms with Gasteiger partial charge in [-0.2, -0.15) is 0 Å². The van der Waals surface area contributed by atoms with Gasteiger partial charge in [0.2, 0.25) is 5.91 Å². The summed E-state index contributed by atoms with van der Waals surface area (Å²) >= 11 is 5.91. The minimum absolute atomic E-state index is 0.107. The molecule has 1 N–H and O–H groups in total. The molecule has 2 aliphatic rings. The topological polar surface area (TPSA) is 66.5 Å². The van der Waals surface area contributed by atoms with Gasteiger partial charge < -0.3 is 5.32 Å². The third kappa shape index (κ3) is 4.28. The van der Waals surface area contributed by atoms with Gasteiger partial charge in [-0.3, -0.25) is 9.10 Å². The van der Waals surface area contributed by atoms with Crippen molar-refractivity contribution in [3.63, 3.8) is 0 Å². The van der Waals surface area contributed by atoms with Gasteiger partial charge in [-0.05, 0) is 74.4 Å². The largest absolute Gasteiger partial charge is 0.352 e. The van der Waals surface area contributed by atoms with Gasteiger partial charge in [0, 0.05) is 11.1 Å². The molecule has 0 radical (unpaired) electrons. The smallest absolute Gasteiger partial charge is 0.264 e. The highest BCUT2D eigenvalue weighted by molar-refractivity contribution is 7.92. The predicted octanol–water partition coefficient (Wildman–Crippen LogP) is 4.15. The molecule has 0 unspecified atom stereocenters. The summed E-state index contributed by atoms with van der Waals surface area (Å²) in [5.41, 5.74) is 1.48. The number of halogens is 1. The molecule has 0 heterocycles. The molecule has 2 aromatic rings. The molecule has 29 heavy (non-hydrogen) atoms. The zero-order chi connectivity index (χ0) is 20.6. The molecule has 0 aromatic heterocycles. The average Bonchev–Trinajstić information content (AvgIpc) is 3.30. The fourth-order valence-electron chi connectivity index (χ4n) is 4.56. The number of hydrogen-bond donors (Lipinski definition) is 1. The normalized spacial score (nSPS) is 23.2. The van der Waals surface area contributed by atoms with Gasteiger partial charge in [-0.1, -0.05) is 35.7 Å². The molecule has 154 valence electrons. The van der Waals surface area contributed by atoms with Crippen LogP contribution in [-0.2, 0) is 14.8 Å². The number of nitrogens with one attached hydrogen (secondary N) is 1. The number of rotatable bonds is 6. The predicted molar refractivity (Wildman–Crippen MR) is 115 cm³/mol. The third-order valence-electron chi connectivity index (χ3n) is 6.10. The zero-order valence-corrected chi connectivity index (χ0v) is 17.9. The van der Waals surface area contributed by atoms with E-state index in [0.29, 0.717) is 22.5 Å². The molecule has 0 aliphatic heterocycles. The van der Waals surface area contributed by atoms with Crippen LogP contribution in [-0.4, -0.2) is 26.9 Å². The molecule has 2 aromatic carbocycles. The number of benzene rings is 2. The maximum atomic E-state index is 13.3. The van der Waals surface area contributed by atoms with Crippen molar-refractivity contribution in [3.8, 4) is 0 Å². The lowest BCUT2D eigenvalue weighted by atomic mass is 9.95. The summed E-state index contributed by atoms with van der Waals surface area (Å²) in [5.74, 6) is 0.974. The number of hydrogen-bond acceptors (Lipinski definition) is 3. The minimum atomic E-state index is -3.91. The van der Waals surface area contributed by atoms with E-state index in [1.165, 1.54) is 41.4 Å². The second-order valence-electron chi connectivity index (χ2n) is 8.15. The number of amides is 1. The highest BCUT2D eigenvalue weighted by Gasteiger charge is 2.40. The van der Waals surface area contributed by atoms with E-state index in [1.807, 2.05) is 19.1 Å². The van der Waals surface area contributed by atoms with Crippen molar-refractivity contribution in [3.05, 3.63) is 59.1 Å². The third-order valence-corrected chi connectivity index (χ3v) is 8.14. The molecule has 1 amide bonds. The number of carbonyl (C=O) groups excluding carboxylic acids is 1. The summed E-state index contributed by atoms with van der Waals surface area (Å²) in [6.45, 7) is 1.69. The van der Waals surface area contributed by atoms with Crippen molar-refractivity contribution >= 4 is 33.2 Å². The van der Waals surface area contributed by atoms with Gasteiger partial charge in [-0.15, -0.1) is 0 Å². The van der Waals surface area contributed by atoms with Crippen LogP contribution in [0, 0.1) is 18.8 Å². The Balaban J connectivity index is 1.59. The van der Waals surface area contributed by atoms with Gasteiger partial charge in [0.1, 0.15) is 6.54 Å². The van der Waals surface area contributed by atoms with Crippen LogP contribution in [0.25, 0.3) is 0 Å². The van der Waals surface area contributed by atoms with Crippen molar-refractivity contribution in [2.24, 2.45) is 11.8 Å². The highest BCUT2D eigenvalue weighted by Crippen LogP contribution is 2.44. The standard InChI is InChI=1S/C22H25ClN2O3S/c1-15-2-8-19(9-3-15)25(29(27,28)20-10-6-18(23)7-11-20)14-22(26)24-21-13-16-4-5-17(21)12-16/h2-3,6-11,16-17,21H,4-5,12-14H2,1H3,(H,24,26)/t16-,17-,21+/m0/s1. The monoisotopic (exact) mass is 432 g/mol. The van der Waals surface area contributed by atoms with Gasteiger partial charge in [0.05, 0.1) is 10.6 Å². The Morgan fingerprint density at radius 1 is 1.07 bits per heavy atom. The molecule has 2 aliphatic carbocycles. The summed E-state index contributed by atoms with van der Waals surface area (Å²) in [4.78, 5) is 12.9. The maximum Gasteiger partial charge on any atom is 0.264 e. The first-order chi connectivity index (χ1) is 13.8. The molecule has 0 saturated heterocycles. The number of nitrogens with zero attached hydrogens (tertiary/aromatic N) is 1. The Hall–Kier alpha value is -2.05. The van der Waals surface area contributed by atoms with Crippen LogP contribution in [0.15, 0.2) is 53.4 Å². The van der Waals surface area contributed by atoms with Crippen LogP contribution in [0.4, 0.5) is 5.69 Å². The lowest BCUT2D eigenvalue weighted by Crippen LogP contribution is -2.46. The Labute approximate surface area is 177 Å². The lowest BCUT2D eigenvalue weighted by Gasteiger charge is -2.27. The van der Waals surface area contributed by atoms with Crippen LogP contribution in [0.1, 0.15) is 31.2 Å². The molecule has 7 heteroatoms. The Morgan fingerprint density at radius 2 is 1.76 bits per heavy atom. The Bertz CT molecular complexity index is 990. The van der Waals surface area contributed by atoms with Gasteiger partial charge in [0.25, 0.3) is 10.0 Å². The van der Waals surface area contributed by atoms with Crippen LogP contribution >= 0.6 is 11.6 Å². The first kappa shape index (κ1) is 20.2. The fourth-order valence-corrected chi connectivity index (χ4v) is 6.11. The second kappa shape index (κ2) is 8.00. The molecule has 5 nitrogen and oxygen atoms in total.